The number of ether oxygens (including phenoxy) is 1. The molecule has 0 radical (unpaired) electrons. The molecule has 4 aromatic rings. The number of hydrogen-bond donors (Lipinski definition) is 2. The van der Waals surface area contributed by atoms with Gasteiger partial charge in [-0.25, -0.2) is 19.4 Å². The summed E-state index contributed by atoms with van der Waals surface area (Å²) in [4.78, 5) is 20.2. The Balaban J connectivity index is 1.55. The number of carbonyl (C=O) groups is 1. The van der Waals surface area contributed by atoms with Crippen molar-refractivity contribution in [3.8, 4) is 17.0 Å². The Hall–Kier alpha value is -4.01. The fourth-order valence-corrected chi connectivity index (χ4v) is 2.86. The van der Waals surface area contributed by atoms with Crippen LogP contribution in [0.25, 0.3) is 22.3 Å². The van der Waals surface area contributed by atoms with Gasteiger partial charge in [-0.1, -0.05) is 6.07 Å². The van der Waals surface area contributed by atoms with Gasteiger partial charge in [0.15, 0.2) is 0 Å². The lowest BCUT2D eigenvalue weighted by Gasteiger charge is -2.10. The van der Waals surface area contributed by atoms with Crippen molar-refractivity contribution in [1.82, 2.24) is 20.3 Å². The zero-order valence-electron chi connectivity index (χ0n) is 15.5. The van der Waals surface area contributed by atoms with Crippen LogP contribution < -0.4 is 10.1 Å². The molecule has 29 heavy (non-hydrogen) atoms. The van der Waals surface area contributed by atoms with Crippen LogP contribution in [0.2, 0.25) is 0 Å². The summed E-state index contributed by atoms with van der Waals surface area (Å²) in [6.45, 7) is 2.67. The van der Waals surface area contributed by atoms with Crippen molar-refractivity contribution in [3.05, 3.63) is 59.8 Å². The van der Waals surface area contributed by atoms with E-state index in [4.69, 9.17) is 9.37 Å². The number of aromatic nitrogens is 4. The standard InChI is InChI=1S/C20H17N5O4/c1-2-28-18-6-4-13(10-14(18)19(26)27)15-7-8-21-20(23-15)22-11-12-3-5-16-17(9-12)25-29-24-16/h3-10H,2,11H2,1H3,(H,26,27)(H,21,22,23). The van der Waals surface area contributed by atoms with Crippen LogP contribution >= 0.6 is 0 Å². The highest BCUT2D eigenvalue weighted by atomic mass is 16.6. The topological polar surface area (TPSA) is 123 Å². The Morgan fingerprint density at radius 3 is 2.83 bits per heavy atom. The van der Waals surface area contributed by atoms with E-state index >= 15 is 0 Å². The first-order valence-electron chi connectivity index (χ1n) is 8.92. The Morgan fingerprint density at radius 1 is 1.14 bits per heavy atom. The molecule has 2 N–H and O–H groups in total. The highest BCUT2D eigenvalue weighted by molar-refractivity contribution is 5.92. The van der Waals surface area contributed by atoms with Crippen LogP contribution in [0.3, 0.4) is 0 Å². The highest BCUT2D eigenvalue weighted by Gasteiger charge is 2.14. The van der Waals surface area contributed by atoms with Gasteiger partial charge in [0.25, 0.3) is 0 Å². The van der Waals surface area contributed by atoms with Crippen molar-refractivity contribution < 1.29 is 19.3 Å². The first kappa shape index (κ1) is 18.4. The second-order valence-electron chi connectivity index (χ2n) is 6.16. The third-order valence-electron chi connectivity index (χ3n) is 4.23. The Kier molecular flexibility index (Phi) is 5.02. The molecule has 0 aliphatic rings. The number of anilines is 1. The molecular weight excluding hydrogens is 374 g/mol. The Labute approximate surface area is 165 Å². The van der Waals surface area contributed by atoms with Gasteiger partial charge in [-0.05, 0) is 59.2 Å². The fourth-order valence-electron chi connectivity index (χ4n) is 2.86. The number of hydrogen-bond acceptors (Lipinski definition) is 8. The average molecular weight is 391 g/mol. The van der Waals surface area contributed by atoms with Gasteiger partial charge in [-0.3, -0.25) is 0 Å². The summed E-state index contributed by atoms with van der Waals surface area (Å²) >= 11 is 0. The molecule has 0 amide bonds. The summed E-state index contributed by atoms with van der Waals surface area (Å²) in [5.41, 5.74) is 3.69. The van der Waals surface area contributed by atoms with E-state index < -0.39 is 5.97 Å². The Morgan fingerprint density at radius 2 is 2.00 bits per heavy atom. The van der Waals surface area contributed by atoms with Crippen LogP contribution in [0, 0.1) is 0 Å². The van der Waals surface area contributed by atoms with Crippen LogP contribution in [0.4, 0.5) is 5.95 Å². The summed E-state index contributed by atoms with van der Waals surface area (Å²) in [6, 6.07) is 12.3. The largest absolute Gasteiger partial charge is 0.493 e. The molecule has 0 atom stereocenters. The molecule has 0 fully saturated rings. The fraction of sp³-hybridized carbons (Fsp3) is 0.150. The third kappa shape index (κ3) is 3.98. The molecule has 2 heterocycles. The lowest BCUT2D eigenvalue weighted by Crippen LogP contribution is -2.05. The van der Waals surface area contributed by atoms with E-state index in [2.05, 4.69) is 25.6 Å². The van der Waals surface area contributed by atoms with Gasteiger partial charge in [0.1, 0.15) is 22.3 Å². The minimum atomic E-state index is -1.06. The van der Waals surface area contributed by atoms with Crippen molar-refractivity contribution in [2.45, 2.75) is 13.5 Å². The number of nitrogens with one attached hydrogen (secondary N) is 1. The molecular formula is C20H17N5O4. The van der Waals surface area contributed by atoms with E-state index in [1.165, 1.54) is 0 Å². The minimum absolute atomic E-state index is 0.0898. The summed E-state index contributed by atoms with van der Waals surface area (Å²) < 4.78 is 10.1. The molecule has 9 nitrogen and oxygen atoms in total. The maximum Gasteiger partial charge on any atom is 0.339 e. The van der Waals surface area contributed by atoms with E-state index in [0.29, 0.717) is 47.1 Å². The highest BCUT2D eigenvalue weighted by Crippen LogP contribution is 2.26. The van der Waals surface area contributed by atoms with Gasteiger partial charge in [-0.15, -0.1) is 0 Å². The van der Waals surface area contributed by atoms with E-state index in [1.807, 2.05) is 18.2 Å². The van der Waals surface area contributed by atoms with Crippen LogP contribution in [0.1, 0.15) is 22.8 Å². The number of benzene rings is 2. The maximum atomic E-state index is 11.5. The van der Waals surface area contributed by atoms with Gasteiger partial charge in [-0.2, -0.15) is 0 Å². The number of nitrogens with zero attached hydrogens (tertiary/aromatic N) is 4. The molecule has 0 aliphatic heterocycles. The predicted octanol–water partition coefficient (Wildman–Crippen LogP) is 3.39. The zero-order valence-corrected chi connectivity index (χ0v) is 15.5. The lowest BCUT2D eigenvalue weighted by molar-refractivity contribution is 0.0692. The summed E-state index contributed by atoms with van der Waals surface area (Å²) in [6.07, 6.45) is 1.62. The number of carboxylic acids is 1. The molecule has 0 saturated carbocycles. The molecule has 2 aromatic heterocycles. The number of aromatic carboxylic acids is 1. The van der Waals surface area contributed by atoms with Gasteiger partial charge in [0, 0.05) is 18.3 Å². The second kappa shape index (κ2) is 7.93. The number of rotatable bonds is 7. The van der Waals surface area contributed by atoms with Crippen LogP contribution in [-0.4, -0.2) is 38.0 Å². The minimum Gasteiger partial charge on any atom is -0.493 e. The average Bonchev–Trinajstić information content (AvgIpc) is 3.21. The van der Waals surface area contributed by atoms with Crippen LogP contribution in [-0.2, 0) is 6.54 Å². The second-order valence-corrected chi connectivity index (χ2v) is 6.16. The lowest BCUT2D eigenvalue weighted by atomic mass is 10.1. The smallest absolute Gasteiger partial charge is 0.339 e. The van der Waals surface area contributed by atoms with Gasteiger partial charge >= 0.3 is 5.97 Å². The van der Waals surface area contributed by atoms with E-state index in [-0.39, 0.29) is 5.56 Å². The molecule has 2 aromatic carbocycles. The van der Waals surface area contributed by atoms with Crippen molar-refractivity contribution in [2.24, 2.45) is 0 Å². The van der Waals surface area contributed by atoms with Crippen molar-refractivity contribution >= 4 is 23.0 Å². The van der Waals surface area contributed by atoms with Crippen molar-refractivity contribution in [1.29, 1.82) is 0 Å². The van der Waals surface area contributed by atoms with E-state index in [0.717, 1.165) is 5.56 Å². The SMILES string of the molecule is CCOc1ccc(-c2ccnc(NCc3ccc4nonc4c3)n2)cc1C(=O)O. The molecule has 0 bridgehead atoms. The third-order valence-corrected chi connectivity index (χ3v) is 4.23. The molecule has 146 valence electrons. The van der Waals surface area contributed by atoms with Gasteiger partial charge < -0.3 is 15.2 Å². The molecule has 4 rings (SSSR count). The molecule has 0 aliphatic carbocycles. The monoisotopic (exact) mass is 391 g/mol. The first-order valence-corrected chi connectivity index (χ1v) is 8.92. The van der Waals surface area contributed by atoms with Crippen molar-refractivity contribution in [3.63, 3.8) is 0 Å². The van der Waals surface area contributed by atoms with E-state index in [9.17, 15) is 9.90 Å². The zero-order chi connectivity index (χ0) is 20.2. The molecule has 9 heteroatoms. The quantitative estimate of drug-likeness (QED) is 0.488. The normalized spacial score (nSPS) is 10.8. The number of carboxylic acid groups (broad SMARTS) is 1. The Bertz CT molecular complexity index is 1170. The van der Waals surface area contributed by atoms with E-state index in [1.54, 1.807) is 37.4 Å². The van der Waals surface area contributed by atoms with Crippen LogP contribution in [0.5, 0.6) is 5.75 Å². The van der Waals surface area contributed by atoms with Gasteiger partial charge in [0.05, 0.1) is 12.3 Å². The number of fused-ring (bicyclic) bond motifs is 1. The predicted molar refractivity (Wildman–Crippen MR) is 105 cm³/mol. The summed E-state index contributed by atoms with van der Waals surface area (Å²) in [5.74, 6) is -0.305. The summed E-state index contributed by atoms with van der Waals surface area (Å²) in [5, 5.41) is 20.2. The van der Waals surface area contributed by atoms with Crippen LogP contribution in [0.15, 0.2) is 53.3 Å². The first-order chi connectivity index (χ1) is 14.1. The molecule has 0 unspecified atom stereocenters. The van der Waals surface area contributed by atoms with Crippen molar-refractivity contribution in [2.75, 3.05) is 11.9 Å². The van der Waals surface area contributed by atoms with Gasteiger partial charge in [0.2, 0.25) is 5.95 Å². The molecule has 0 spiro atoms. The summed E-state index contributed by atoms with van der Waals surface area (Å²) in [7, 11) is 0. The maximum absolute atomic E-state index is 11.5. The molecule has 0 saturated heterocycles.